The lowest BCUT2D eigenvalue weighted by Crippen LogP contribution is -2.46. The van der Waals surface area contributed by atoms with Crippen LogP contribution in [-0.4, -0.2) is 45.9 Å². The maximum atomic E-state index is 12.6. The van der Waals surface area contributed by atoms with Gasteiger partial charge in [-0.2, -0.15) is 5.10 Å². The van der Waals surface area contributed by atoms with Gasteiger partial charge in [-0.05, 0) is 37.0 Å². The minimum absolute atomic E-state index is 0.0615. The van der Waals surface area contributed by atoms with Gasteiger partial charge in [0.2, 0.25) is 0 Å². The van der Waals surface area contributed by atoms with E-state index in [4.69, 9.17) is 4.74 Å². The molecule has 126 valence electrons. The van der Waals surface area contributed by atoms with Gasteiger partial charge in [-0.15, -0.1) is 0 Å². The Kier molecular flexibility index (Phi) is 3.88. The van der Waals surface area contributed by atoms with Crippen molar-refractivity contribution in [3.05, 3.63) is 53.9 Å². The van der Waals surface area contributed by atoms with Gasteiger partial charge in [-0.1, -0.05) is 18.2 Å². The van der Waals surface area contributed by atoms with E-state index in [9.17, 15) is 4.79 Å². The SMILES string of the molecule is Cn1cc(C2COC3(CCN(C(=O)c4ccccc4)CC3)C2)cn1. The largest absolute Gasteiger partial charge is 0.374 e. The van der Waals surface area contributed by atoms with Crippen LogP contribution in [-0.2, 0) is 11.8 Å². The number of carbonyl (C=O) groups excluding carboxylic acids is 1. The van der Waals surface area contributed by atoms with E-state index in [0.29, 0.717) is 5.92 Å². The zero-order chi connectivity index (χ0) is 16.6. The summed E-state index contributed by atoms with van der Waals surface area (Å²) in [5.41, 5.74) is 1.97. The fraction of sp³-hybridized carbons (Fsp3) is 0.474. The summed E-state index contributed by atoms with van der Waals surface area (Å²) >= 11 is 0. The van der Waals surface area contributed by atoms with E-state index in [1.807, 2.05) is 53.2 Å². The standard InChI is InChI=1S/C19H23N3O2/c1-21-13-17(12-20-21)16-11-19(24-14-16)7-9-22(10-8-19)18(23)15-5-3-2-4-6-15/h2-6,12-13,16H,7-11,14H2,1H3. The first-order valence-corrected chi connectivity index (χ1v) is 8.62. The number of hydrogen-bond donors (Lipinski definition) is 0. The smallest absolute Gasteiger partial charge is 0.253 e. The molecular weight excluding hydrogens is 302 g/mol. The Balaban J connectivity index is 1.39. The van der Waals surface area contributed by atoms with Gasteiger partial charge < -0.3 is 9.64 Å². The van der Waals surface area contributed by atoms with Crippen LogP contribution in [0.25, 0.3) is 0 Å². The second-order valence-corrected chi connectivity index (χ2v) is 7.00. The first kappa shape index (κ1) is 15.4. The Morgan fingerprint density at radius 3 is 2.67 bits per heavy atom. The van der Waals surface area contributed by atoms with Crippen LogP contribution < -0.4 is 0 Å². The van der Waals surface area contributed by atoms with Crippen molar-refractivity contribution >= 4 is 5.91 Å². The number of likely N-dealkylation sites (tertiary alicyclic amines) is 1. The predicted octanol–water partition coefficient (Wildman–Crippen LogP) is 2.60. The van der Waals surface area contributed by atoms with Crippen molar-refractivity contribution in [2.24, 2.45) is 7.05 Å². The van der Waals surface area contributed by atoms with Crippen LogP contribution in [0, 0.1) is 0 Å². The van der Waals surface area contributed by atoms with E-state index in [2.05, 4.69) is 11.3 Å². The normalized spacial score (nSPS) is 22.9. The van der Waals surface area contributed by atoms with Crippen LogP contribution in [0.1, 0.15) is 41.1 Å². The maximum Gasteiger partial charge on any atom is 0.253 e. The minimum atomic E-state index is -0.0615. The Bertz CT molecular complexity index is 717. The molecule has 4 rings (SSSR count). The molecular formula is C19H23N3O2. The zero-order valence-corrected chi connectivity index (χ0v) is 14.0. The molecule has 2 aliphatic rings. The molecule has 0 aliphatic carbocycles. The van der Waals surface area contributed by atoms with Crippen LogP contribution in [0.5, 0.6) is 0 Å². The monoisotopic (exact) mass is 325 g/mol. The number of piperidine rings is 1. The molecule has 1 unspecified atom stereocenters. The highest BCUT2D eigenvalue weighted by Crippen LogP contribution is 2.42. The van der Waals surface area contributed by atoms with Gasteiger partial charge in [-0.3, -0.25) is 9.48 Å². The average molecular weight is 325 g/mol. The van der Waals surface area contributed by atoms with E-state index in [1.54, 1.807) is 0 Å². The molecule has 2 aromatic rings. The van der Waals surface area contributed by atoms with Gasteiger partial charge in [0.1, 0.15) is 0 Å². The summed E-state index contributed by atoms with van der Waals surface area (Å²) in [7, 11) is 1.95. The molecule has 0 bridgehead atoms. The van der Waals surface area contributed by atoms with Crippen LogP contribution in [0.3, 0.4) is 0 Å². The van der Waals surface area contributed by atoms with E-state index in [-0.39, 0.29) is 11.5 Å². The molecule has 0 N–H and O–H groups in total. The summed E-state index contributed by atoms with van der Waals surface area (Å²) in [5.74, 6) is 0.558. The van der Waals surface area contributed by atoms with E-state index >= 15 is 0 Å². The molecule has 1 atom stereocenters. The molecule has 1 aromatic carbocycles. The first-order chi connectivity index (χ1) is 11.7. The summed E-state index contributed by atoms with van der Waals surface area (Å²) in [6.45, 7) is 2.30. The molecule has 2 aliphatic heterocycles. The van der Waals surface area contributed by atoms with Crippen molar-refractivity contribution in [2.75, 3.05) is 19.7 Å². The Hall–Kier alpha value is -2.14. The molecule has 3 heterocycles. The lowest BCUT2D eigenvalue weighted by atomic mass is 9.83. The van der Waals surface area contributed by atoms with Crippen molar-refractivity contribution in [1.29, 1.82) is 0 Å². The van der Waals surface area contributed by atoms with E-state index in [1.165, 1.54) is 5.56 Å². The summed E-state index contributed by atoms with van der Waals surface area (Å²) in [6, 6.07) is 9.54. The number of aryl methyl sites for hydroxylation is 1. The van der Waals surface area contributed by atoms with Crippen LogP contribution in [0.15, 0.2) is 42.7 Å². The summed E-state index contributed by atoms with van der Waals surface area (Å²) in [4.78, 5) is 14.5. The first-order valence-electron chi connectivity index (χ1n) is 8.62. The lowest BCUT2D eigenvalue weighted by Gasteiger charge is -2.38. The fourth-order valence-electron chi connectivity index (χ4n) is 3.94. The van der Waals surface area contributed by atoms with Gasteiger partial charge in [0.15, 0.2) is 0 Å². The fourth-order valence-corrected chi connectivity index (χ4v) is 3.94. The molecule has 0 radical (unpaired) electrons. The van der Waals surface area contributed by atoms with Crippen LogP contribution in [0.2, 0.25) is 0 Å². The van der Waals surface area contributed by atoms with Crippen molar-refractivity contribution in [3.8, 4) is 0 Å². The van der Waals surface area contributed by atoms with Gasteiger partial charge in [0, 0.05) is 37.8 Å². The quantitative estimate of drug-likeness (QED) is 0.853. The van der Waals surface area contributed by atoms with E-state index < -0.39 is 0 Å². The number of aromatic nitrogens is 2. The minimum Gasteiger partial charge on any atom is -0.374 e. The molecule has 2 fully saturated rings. The molecule has 1 aromatic heterocycles. The zero-order valence-electron chi connectivity index (χ0n) is 14.0. The van der Waals surface area contributed by atoms with Crippen LogP contribution in [0.4, 0.5) is 0 Å². The Labute approximate surface area is 142 Å². The number of ether oxygens (including phenoxy) is 1. The van der Waals surface area contributed by atoms with Gasteiger partial charge in [0.05, 0.1) is 18.4 Å². The van der Waals surface area contributed by atoms with Crippen molar-refractivity contribution in [1.82, 2.24) is 14.7 Å². The van der Waals surface area contributed by atoms with Gasteiger partial charge in [-0.25, -0.2) is 0 Å². The van der Waals surface area contributed by atoms with Crippen molar-refractivity contribution < 1.29 is 9.53 Å². The second kappa shape index (κ2) is 6.06. The molecule has 5 heteroatoms. The third-order valence-corrected chi connectivity index (χ3v) is 5.39. The number of rotatable bonds is 2. The lowest BCUT2D eigenvalue weighted by molar-refractivity contribution is -0.0388. The Morgan fingerprint density at radius 2 is 2.00 bits per heavy atom. The third-order valence-electron chi connectivity index (χ3n) is 5.39. The third kappa shape index (κ3) is 2.84. The summed E-state index contributed by atoms with van der Waals surface area (Å²) < 4.78 is 8.07. The number of amides is 1. The molecule has 1 amide bonds. The maximum absolute atomic E-state index is 12.6. The summed E-state index contributed by atoms with van der Waals surface area (Å²) in [6.07, 6.45) is 6.90. The number of nitrogens with zero attached hydrogens (tertiary/aromatic N) is 3. The summed E-state index contributed by atoms with van der Waals surface area (Å²) in [5, 5.41) is 4.27. The number of carbonyl (C=O) groups is 1. The molecule has 2 saturated heterocycles. The highest BCUT2D eigenvalue weighted by atomic mass is 16.5. The predicted molar refractivity (Wildman–Crippen MR) is 90.8 cm³/mol. The number of benzene rings is 1. The number of hydrogen-bond acceptors (Lipinski definition) is 3. The molecule has 0 saturated carbocycles. The molecule has 1 spiro atoms. The van der Waals surface area contributed by atoms with Crippen molar-refractivity contribution in [3.63, 3.8) is 0 Å². The Morgan fingerprint density at radius 1 is 1.25 bits per heavy atom. The second-order valence-electron chi connectivity index (χ2n) is 7.00. The van der Waals surface area contributed by atoms with E-state index in [0.717, 1.165) is 44.5 Å². The van der Waals surface area contributed by atoms with Gasteiger partial charge >= 0.3 is 0 Å². The highest BCUT2D eigenvalue weighted by Gasteiger charge is 2.44. The molecule has 24 heavy (non-hydrogen) atoms. The average Bonchev–Trinajstić information content (AvgIpc) is 3.23. The van der Waals surface area contributed by atoms with Gasteiger partial charge in [0.25, 0.3) is 5.91 Å². The van der Waals surface area contributed by atoms with Crippen molar-refractivity contribution in [2.45, 2.75) is 30.8 Å². The highest BCUT2D eigenvalue weighted by molar-refractivity contribution is 5.94. The topological polar surface area (TPSA) is 47.4 Å². The molecule has 5 nitrogen and oxygen atoms in total. The van der Waals surface area contributed by atoms with Crippen LogP contribution >= 0.6 is 0 Å².